The number of fused-ring (bicyclic) bond motifs is 1. The van der Waals surface area contributed by atoms with E-state index >= 15 is 0 Å². The Morgan fingerprint density at radius 1 is 1.24 bits per heavy atom. The molecule has 2 aromatic carbocycles. The average molecular weight is 358 g/mol. The van der Waals surface area contributed by atoms with E-state index in [9.17, 15) is 9.59 Å². The predicted octanol–water partition coefficient (Wildman–Crippen LogP) is 2.93. The minimum atomic E-state index is -0.292. The number of aryl methyl sites for hydroxylation is 1. The van der Waals surface area contributed by atoms with Gasteiger partial charge in [-0.2, -0.15) is 0 Å². The molecule has 1 aromatic heterocycles. The highest BCUT2D eigenvalue weighted by Crippen LogP contribution is 2.18. The molecular weight excluding hydrogens is 342 g/mol. The normalized spacial score (nSPS) is 10.8. The van der Waals surface area contributed by atoms with Crippen molar-refractivity contribution in [3.63, 3.8) is 0 Å². The predicted molar refractivity (Wildman–Crippen MR) is 97.6 cm³/mol. The maximum atomic E-state index is 13.0. The second kappa shape index (κ2) is 7.04. The van der Waals surface area contributed by atoms with Crippen LogP contribution in [-0.2, 0) is 9.53 Å². The van der Waals surface area contributed by atoms with E-state index in [0.717, 1.165) is 0 Å². The van der Waals surface area contributed by atoms with Gasteiger partial charge in [0.05, 0.1) is 16.6 Å². The van der Waals surface area contributed by atoms with Crippen LogP contribution in [0.5, 0.6) is 0 Å². The van der Waals surface area contributed by atoms with Gasteiger partial charge in [-0.15, -0.1) is 0 Å². The highest BCUT2D eigenvalue weighted by molar-refractivity contribution is 6.30. The van der Waals surface area contributed by atoms with Crippen LogP contribution < -0.4 is 10.9 Å². The quantitative estimate of drug-likeness (QED) is 0.779. The second-order valence-corrected chi connectivity index (χ2v) is 5.93. The number of anilines is 1. The van der Waals surface area contributed by atoms with Crippen molar-refractivity contribution in [1.82, 2.24) is 9.55 Å². The molecule has 0 saturated carbocycles. The van der Waals surface area contributed by atoms with Crippen LogP contribution in [0.4, 0.5) is 5.69 Å². The van der Waals surface area contributed by atoms with Crippen molar-refractivity contribution in [3.05, 3.63) is 63.7 Å². The Morgan fingerprint density at radius 3 is 2.64 bits per heavy atom. The molecule has 0 atom stereocenters. The molecule has 0 aliphatic heterocycles. The van der Waals surface area contributed by atoms with Crippen molar-refractivity contribution in [1.29, 1.82) is 0 Å². The smallest absolute Gasteiger partial charge is 0.266 e. The van der Waals surface area contributed by atoms with Gasteiger partial charge in [-0.25, -0.2) is 4.98 Å². The molecule has 25 heavy (non-hydrogen) atoms. The number of benzene rings is 2. The Labute approximate surface area is 149 Å². The molecule has 128 valence electrons. The summed E-state index contributed by atoms with van der Waals surface area (Å²) >= 11 is 5.92. The zero-order valence-corrected chi connectivity index (χ0v) is 14.5. The van der Waals surface area contributed by atoms with Crippen LogP contribution >= 0.6 is 11.6 Å². The summed E-state index contributed by atoms with van der Waals surface area (Å²) in [6, 6.07) is 12.0. The molecule has 0 aliphatic carbocycles. The van der Waals surface area contributed by atoms with Crippen molar-refractivity contribution in [2.24, 2.45) is 0 Å². The van der Waals surface area contributed by atoms with Crippen molar-refractivity contribution in [2.45, 2.75) is 6.92 Å². The van der Waals surface area contributed by atoms with Gasteiger partial charge < -0.3 is 10.1 Å². The van der Waals surface area contributed by atoms with Crippen LogP contribution in [0.3, 0.4) is 0 Å². The number of halogens is 1. The van der Waals surface area contributed by atoms with E-state index < -0.39 is 0 Å². The Hall–Kier alpha value is -2.70. The molecule has 1 N–H and O–H groups in total. The molecule has 0 aliphatic rings. The van der Waals surface area contributed by atoms with E-state index in [4.69, 9.17) is 16.3 Å². The first-order chi connectivity index (χ1) is 12.0. The van der Waals surface area contributed by atoms with Gasteiger partial charge in [0.15, 0.2) is 0 Å². The Morgan fingerprint density at radius 2 is 1.96 bits per heavy atom. The van der Waals surface area contributed by atoms with Crippen LogP contribution in [0.25, 0.3) is 16.6 Å². The molecule has 6 nitrogen and oxygen atoms in total. The topological polar surface area (TPSA) is 73.2 Å². The fraction of sp³-hybridized carbons (Fsp3) is 0.167. The number of hydrogen-bond acceptors (Lipinski definition) is 4. The van der Waals surface area contributed by atoms with Gasteiger partial charge in [0.1, 0.15) is 12.4 Å². The number of rotatable bonds is 4. The van der Waals surface area contributed by atoms with Crippen molar-refractivity contribution in [3.8, 4) is 5.69 Å². The van der Waals surface area contributed by atoms with Gasteiger partial charge in [0.25, 0.3) is 5.56 Å². The third-order valence-electron chi connectivity index (χ3n) is 3.68. The molecule has 3 aromatic rings. The molecule has 0 unspecified atom stereocenters. The Balaban J connectivity index is 2.11. The summed E-state index contributed by atoms with van der Waals surface area (Å²) < 4.78 is 6.30. The number of carbonyl (C=O) groups excluding carboxylic acids is 1. The molecule has 0 saturated heterocycles. The molecular formula is C18H16ClN3O3. The highest BCUT2D eigenvalue weighted by atomic mass is 35.5. The summed E-state index contributed by atoms with van der Waals surface area (Å²) in [5, 5.41) is 3.69. The summed E-state index contributed by atoms with van der Waals surface area (Å²) in [6.45, 7) is 1.71. The minimum Gasteiger partial charge on any atom is -0.375 e. The van der Waals surface area contributed by atoms with Crippen LogP contribution in [0, 0.1) is 6.92 Å². The SMILES string of the molecule is COCC(=O)Nc1ccc2nc(C)n(-c3ccc(Cl)cc3)c(=O)c2c1. The van der Waals surface area contributed by atoms with E-state index in [2.05, 4.69) is 10.3 Å². The number of amides is 1. The lowest BCUT2D eigenvalue weighted by atomic mass is 10.2. The van der Waals surface area contributed by atoms with Crippen molar-refractivity contribution >= 4 is 34.1 Å². The van der Waals surface area contributed by atoms with Gasteiger partial charge in [-0.1, -0.05) is 11.6 Å². The first-order valence-corrected chi connectivity index (χ1v) is 7.95. The van der Waals surface area contributed by atoms with E-state index in [1.807, 2.05) is 0 Å². The molecule has 0 radical (unpaired) electrons. The molecule has 1 heterocycles. The third-order valence-corrected chi connectivity index (χ3v) is 3.93. The van der Waals surface area contributed by atoms with Gasteiger partial charge >= 0.3 is 0 Å². The summed E-state index contributed by atoms with van der Waals surface area (Å²) in [7, 11) is 1.44. The number of hydrogen-bond donors (Lipinski definition) is 1. The van der Waals surface area contributed by atoms with Gasteiger partial charge in [0.2, 0.25) is 5.91 Å². The maximum absolute atomic E-state index is 13.0. The Kier molecular flexibility index (Phi) is 4.83. The fourth-order valence-electron chi connectivity index (χ4n) is 2.60. The number of nitrogens with zero attached hydrogens (tertiary/aromatic N) is 2. The summed E-state index contributed by atoms with van der Waals surface area (Å²) in [5.74, 6) is 0.274. The lowest BCUT2D eigenvalue weighted by molar-refractivity contribution is -0.119. The Bertz CT molecular complexity index is 997. The van der Waals surface area contributed by atoms with Gasteiger partial charge in [0, 0.05) is 17.8 Å². The monoisotopic (exact) mass is 357 g/mol. The molecule has 0 bridgehead atoms. The zero-order valence-electron chi connectivity index (χ0n) is 13.7. The molecule has 0 fully saturated rings. The van der Waals surface area contributed by atoms with Crippen LogP contribution in [0.15, 0.2) is 47.3 Å². The van der Waals surface area contributed by atoms with Crippen LogP contribution in [0.1, 0.15) is 5.82 Å². The minimum absolute atomic E-state index is 0.0564. The lowest BCUT2D eigenvalue weighted by Gasteiger charge is -2.12. The summed E-state index contributed by atoms with van der Waals surface area (Å²) in [6.07, 6.45) is 0. The van der Waals surface area contributed by atoms with Gasteiger partial charge in [-0.3, -0.25) is 14.2 Å². The highest BCUT2D eigenvalue weighted by Gasteiger charge is 2.11. The summed E-state index contributed by atoms with van der Waals surface area (Å²) in [4.78, 5) is 29.1. The van der Waals surface area contributed by atoms with Crippen molar-refractivity contribution < 1.29 is 9.53 Å². The first kappa shape index (κ1) is 17.1. The van der Waals surface area contributed by atoms with E-state index in [0.29, 0.717) is 33.1 Å². The molecule has 1 amide bonds. The van der Waals surface area contributed by atoms with E-state index in [1.165, 1.54) is 11.7 Å². The lowest BCUT2D eigenvalue weighted by Crippen LogP contribution is -2.23. The molecule has 0 spiro atoms. The number of carbonyl (C=O) groups is 1. The van der Waals surface area contributed by atoms with Crippen LogP contribution in [0.2, 0.25) is 5.02 Å². The largest absolute Gasteiger partial charge is 0.375 e. The van der Waals surface area contributed by atoms with Gasteiger partial charge in [-0.05, 0) is 49.4 Å². The number of aromatic nitrogens is 2. The second-order valence-electron chi connectivity index (χ2n) is 5.49. The van der Waals surface area contributed by atoms with E-state index in [1.54, 1.807) is 49.4 Å². The van der Waals surface area contributed by atoms with Crippen LogP contribution in [-0.4, -0.2) is 29.2 Å². The number of ether oxygens (including phenoxy) is 1. The van der Waals surface area contributed by atoms with Crippen molar-refractivity contribution in [2.75, 3.05) is 19.0 Å². The maximum Gasteiger partial charge on any atom is 0.266 e. The average Bonchev–Trinajstić information content (AvgIpc) is 2.57. The standard InChI is InChI=1S/C18H16ClN3O3/c1-11-20-16-8-5-13(21-17(23)10-25-2)9-15(16)18(24)22(11)14-6-3-12(19)4-7-14/h3-9H,10H2,1-2H3,(H,21,23). The summed E-state index contributed by atoms with van der Waals surface area (Å²) in [5.41, 5.74) is 1.54. The fourth-order valence-corrected chi connectivity index (χ4v) is 2.72. The number of methoxy groups -OCH3 is 1. The third kappa shape index (κ3) is 3.55. The zero-order chi connectivity index (χ0) is 18.0. The van der Waals surface area contributed by atoms with E-state index in [-0.39, 0.29) is 18.1 Å². The number of nitrogens with one attached hydrogen (secondary N) is 1. The molecule has 7 heteroatoms. The first-order valence-electron chi connectivity index (χ1n) is 7.58. The molecule has 3 rings (SSSR count).